The van der Waals surface area contributed by atoms with Gasteiger partial charge in [0, 0.05) is 22.1 Å². The number of Topliss-reactive ketones (excluding diaryl/α,β-unsaturated/α-hetero) is 2. The second-order valence-corrected chi connectivity index (χ2v) is 11.9. The van der Waals surface area contributed by atoms with Crippen molar-refractivity contribution in [1.82, 2.24) is 0 Å². The van der Waals surface area contributed by atoms with E-state index in [1.54, 1.807) is 26.0 Å². The molecule has 0 aliphatic carbocycles. The van der Waals surface area contributed by atoms with Crippen LogP contribution < -0.4 is 21.9 Å². The molecule has 0 fully saturated rings. The summed E-state index contributed by atoms with van der Waals surface area (Å²) in [7, 11) is 0. The van der Waals surface area contributed by atoms with Gasteiger partial charge in [-0.3, -0.25) is 9.59 Å². The summed E-state index contributed by atoms with van der Waals surface area (Å²) in [6, 6.07) is 26.4. The summed E-state index contributed by atoms with van der Waals surface area (Å²) in [5.41, 5.74) is 6.30. The average Bonchev–Trinajstić information content (AvgIpc) is 3.05. The minimum atomic E-state index is -0.663. The molecule has 2 heterocycles. The number of carbonyl (C=O) groups excluding carboxylic acids is 2. The zero-order valence-corrected chi connectivity index (χ0v) is 26.7. The van der Waals surface area contributed by atoms with Crippen molar-refractivity contribution in [2.45, 2.75) is 34.1 Å². The first-order valence-corrected chi connectivity index (χ1v) is 15.4. The minimum absolute atomic E-state index is 0.0275. The van der Waals surface area contributed by atoms with Gasteiger partial charge in [-0.05, 0) is 105 Å². The van der Waals surface area contributed by atoms with Crippen molar-refractivity contribution in [3.63, 3.8) is 0 Å². The number of nitrogens with one attached hydrogen (secondary N) is 2. The number of rotatable bonds is 10. The zero-order valence-electron chi connectivity index (χ0n) is 26.7. The minimum Gasteiger partial charge on any atom is -0.422 e. The van der Waals surface area contributed by atoms with Crippen molar-refractivity contribution in [3.8, 4) is 0 Å². The van der Waals surface area contributed by atoms with Gasteiger partial charge in [-0.15, -0.1) is 0 Å². The third kappa shape index (κ3) is 6.63. The highest BCUT2D eigenvalue weighted by Crippen LogP contribution is 2.26. The highest BCUT2D eigenvalue weighted by Gasteiger charge is 2.20. The molecule has 0 radical (unpaired) electrons. The summed E-state index contributed by atoms with van der Waals surface area (Å²) in [6.45, 7) is 7.40. The first-order valence-electron chi connectivity index (χ1n) is 15.4. The molecule has 2 N–H and O–H groups in total. The smallest absolute Gasteiger partial charge is 0.347 e. The first kappa shape index (κ1) is 31.2. The quantitative estimate of drug-likeness (QED) is 0.120. The summed E-state index contributed by atoms with van der Waals surface area (Å²) in [5.74, 6) is -0.704. The van der Waals surface area contributed by atoms with Crippen molar-refractivity contribution in [2.24, 2.45) is 0 Å². The van der Waals surface area contributed by atoms with Gasteiger partial charge in [-0.25, -0.2) is 9.59 Å². The van der Waals surface area contributed by atoms with Gasteiger partial charge in [-0.1, -0.05) is 47.5 Å². The Balaban J connectivity index is 1.25. The van der Waals surface area contributed by atoms with E-state index in [-0.39, 0.29) is 35.8 Å². The molecular formula is C39H34N2O6. The van der Waals surface area contributed by atoms with Crippen LogP contribution in [0.1, 0.15) is 54.1 Å². The number of anilines is 2. The van der Waals surface area contributed by atoms with Crippen LogP contribution in [0.15, 0.2) is 103 Å². The second-order valence-electron chi connectivity index (χ2n) is 11.9. The maximum absolute atomic E-state index is 13.1. The Morgan fingerprint density at radius 2 is 0.936 bits per heavy atom. The lowest BCUT2D eigenvalue weighted by Gasteiger charge is -2.11. The van der Waals surface area contributed by atoms with E-state index in [4.69, 9.17) is 8.83 Å². The fourth-order valence-electron chi connectivity index (χ4n) is 5.78. The topological polar surface area (TPSA) is 119 Å². The Labute approximate surface area is 271 Å². The molecule has 47 heavy (non-hydrogen) atoms. The molecule has 0 saturated carbocycles. The molecule has 0 spiro atoms. The van der Waals surface area contributed by atoms with Crippen molar-refractivity contribution in [2.75, 3.05) is 23.7 Å². The first-order chi connectivity index (χ1) is 22.6. The predicted octanol–water partition coefficient (Wildman–Crippen LogP) is 7.31. The van der Waals surface area contributed by atoms with E-state index in [1.165, 1.54) is 0 Å². The van der Waals surface area contributed by atoms with Crippen LogP contribution in [-0.4, -0.2) is 24.7 Å². The lowest BCUT2D eigenvalue weighted by molar-refractivity contribution is 0.0994. The fraction of sp³-hybridized carbons (Fsp3) is 0.179. The van der Waals surface area contributed by atoms with Gasteiger partial charge in [0.25, 0.3) is 0 Å². The van der Waals surface area contributed by atoms with Gasteiger partial charge in [0.1, 0.15) is 22.3 Å². The highest BCUT2D eigenvalue weighted by molar-refractivity contribution is 6.04. The molecule has 6 rings (SSSR count). The Kier molecular flexibility index (Phi) is 8.59. The van der Waals surface area contributed by atoms with Gasteiger partial charge < -0.3 is 19.5 Å². The number of fused-ring (bicyclic) bond motifs is 2. The summed E-state index contributed by atoms with van der Waals surface area (Å²) in [4.78, 5) is 52.0. The average molecular weight is 627 g/mol. The van der Waals surface area contributed by atoms with Crippen LogP contribution in [0.3, 0.4) is 0 Å². The van der Waals surface area contributed by atoms with E-state index in [9.17, 15) is 19.2 Å². The number of hydrogen-bond donors (Lipinski definition) is 2. The Morgan fingerprint density at radius 3 is 1.32 bits per heavy atom. The van der Waals surface area contributed by atoms with Gasteiger partial charge >= 0.3 is 11.3 Å². The van der Waals surface area contributed by atoms with E-state index in [2.05, 4.69) is 10.6 Å². The lowest BCUT2D eigenvalue weighted by Crippen LogP contribution is -2.23. The summed E-state index contributed by atoms with van der Waals surface area (Å²) in [6.07, 6.45) is 0.513. The molecule has 0 atom stereocenters. The van der Waals surface area contributed by atoms with E-state index in [1.807, 2.05) is 86.6 Å². The molecule has 236 valence electrons. The Hall–Kier alpha value is -5.76. The molecule has 0 amide bonds. The van der Waals surface area contributed by atoms with Gasteiger partial charge in [0.2, 0.25) is 0 Å². The summed E-state index contributed by atoms with van der Waals surface area (Å²) in [5, 5.41) is 7.53. The molecule has 0 aliphatic heterocycles. The molecule has 0 aliphatic rings. The maximum Gasteiger partial charge on any atom is 0.347 e. The van der Waals surface area contributed by atoms with Crippen LogP contribution >= 0.6 is 0 Å². The van der Waals surface area contributed by atoms with E-state index in [0.717, 1.165) is 33.6 Å². The van der Waals surface area contributed by atoms with E-state index >= 15 is 0 Å². The van der Waals surface area contributed by atoms with Gasteiger partial charge in [0.05, 0.1) is 13.1 Å². The van der Waals surface area contributed by atoms with Crippen LogP contribution in [0.4, 0.5) is 11.4 Å². The fourth-order valence-corrected chi connectivity index (χ4v) is 5.78. The van der Waals surface area contributed by atoms with E-state index < -0.39 is 11.3 Å². The van der Waals surface area contributed by atoms with Crippen molar-refractivity contribution in [1.29, 1.82) is 0 Å². The SMILES string of the molecule is Cc1ccc(NCC(=O)c2c(C)c3cc(Cc4ccc5oc(=O)c(C(=O)CNc6ccc(C)cc6)c(C)c5c4)ccc3oc2=O)cc1. The summed E-state index contributed by atoms with van der Waals surface area (Å²) < 4.78 is 11.1. The van der Waals surface area contributed by atoms with Gasteiger partial charge in [-0.2, -0.15) is 0 Å². The van der Waals surface area contributed by atoms with Crippen LogP contribution in [0.2, 0.25) is 0 Å². The molecule has 0 bridgehead atoms. The monoisotopic (exact) mass is 626 g/mol. The zero-order chi connectivity index (χ0) is 33.2. The van der Waals surface area contributed by atoms with Crippen LogP contribution in [0.25, 0.3) is 21.9 Å². The van der Waals surface area contributed by atoms with Crippen molar-refractivity contribution in [3.05, 3.63) is 150 Å². The normalized spacial score (nSPS) is 11.1. The molecular weight excluding hydrogens is 592 g/mol. The molecule has 0 saturated heterocycles. The van der Waals surface area contributed by atoms with Crippen LogP contribution in [0, 0.1) is 27.7 Å². The molecule has 2 aromatic heterocycles. The number of aryl methyl sites for hydroxylation is 4. The number of benzene rings is 4. The van der Waals surface area contributed by atoms with Crippen LogP contribution in [0.5, 0.6) is 0 Å². The molecule has 8 heteroatoms. The van der Waals surface area contributed by atoms with E-state index in [0.29, 0.717) is 39.5 Å². The second kappa shape index (κ2) is 12.9. The Bertz CT molecular complexity index is 2120. The molecule has 8 nitrogen and oxygen atoms in total. The maximum atomic E-state index is 13.1. The molecule has 6 aromatic rings. The Morgan fingerprint density at radius 1 is 0.553 bits per heavy atom. The molecule has 4 aromatic carbocycles. The standard InChI is InChI=1S/C39H34N2O6/c1-22-5-11-28(12-6-22)40-20-32(42)36-24(3)30-18-26(9-15-34(30)46-38(36)44)17-27-10-16-35-31(19-27)25(4)37(39(45)47-35)33(43)21-41-29-13-7-23(2)8-14-29/h5-16,18-19,40-41H,17,20-21H2,1-4H3. The highest BCUT2D eigenvalue weighted by atomic mass is 16.4. The summed E-state index contributed by atoms with van der Waals surface area (Å²) >= 11 is 0. The van der Waals surface area contributed by atoms with Gasteiger partial charge in [0.15, 0.2) is 11.6 Å². The van der Waals surface area contributed by atoms with Crippen LogP contribution in [-0.2, 0) is 6.42 Å². The third-order valence-corrected chi connectivity index (χ3v) is 8.43. The predicted molar refractivity (Wildman–Crippen MR) is 185 cm³/mol. The lowest BCUT2D eigenvalue weighted by atomic mass is 9.96. The number of hydrogen-bond acceptors (Lipinski definition) is 8. The molecule has 0 unspecified atom stereocenters. The van der Waals surface area contributed by atoms with Crippen molar-refractivity contribution < 1.29 is 18.4 Å². The largest absolute Gasteiger partial charge is 0.422 e. The third-order valence-electron chi connectivity index (χ3n) is 8.43. The number of carbonyl (C=O) groups is 2. The number of ketones is 2. The van der Waals surface area contributed by atoms with Crippen molar-refractivity contribution >= 4 is 44.9 Å².